The average Bonchev–Trinajstić information content (AvgIpc) is 3.57. The van der Waals surface area contributed by atoms with Gasteiger partial charge in [0.2, 0.25) is 0 Å². The number of aliphatic imine (C=N–C) groups is 1. The fourth-order valence-electron chi connectivity index (χ4n) is 4.96. The third kappa shape index (κ3) is 7.82. The Morgan fingerprint density at radius 1 is 1.03 bits per heavy atom. The largest absolute Gasteiger partial charge is 0.444 e. The molecule has 0 radical (unpaired) electrons. The van der Waals surface area contributed by atoms with Gasteiger partial charge in [0.05, 0.1) is 0 Å². The summed E-state index contributed by atoms with van der Waals surface area (Å²) >= 11 is 0. The van der Waals surface area contributed by atoms with Gasteiger partial charge in [0.25, 0.3) is 0 Å². The zero-order chi connectivity index (χ0) is 23.1. The maximum atomic E-state index is 12.9. The average molecular weight is 450 g/mol. The van der Waals surface area contributed by atoms with Crippen molar-refractivity contribution >= 4 is 12.1 Å². The zero-order valence-electron chi connectivity index (χ0n) is 21.2. The van der Waals surface area contributed by atoms with Crippen molar-refractivity contribution in [2.45, 2.75) is 84.3 Å². The molecule has 184 valence electrons. The Bertz CT molecular complexity index is 612. The highest BCUT2D eigenvalue weighted by Gasteiger charge is 2.35. The van der Waals surface area contributed by atoms with Crippen LogP contribution < -0.4 is 5.32 Å². The third-order valence-electron chi connectivity index (χ3n) is 6.99. The van der Waals surface area contributed by atoms with E-state index in [2.05, 4.69) is 27.0 Å². The smallest absolute Gasteiger partial charge is 0.410 e. The molecule has 3 fully saturated rings. The predicted molar refractivity (Wildman–Crippen MR) is 131 cm³/mol. The summed E-state index contributed by atoms with van der Waals surface area (Å²) < 4.78 is 5.74. The number of carbonyl (C=O) groups excluding carboxylic acids is 1. The molecule has 0 aromatic heterocycles. The molecule has 3 aliphatic rings. The highest BCUT2D eigenvalue weighted by molar-refractivity contribution is 5.80. The Labute approximate surface area is 195 Å². The molecule has 1 saturated carbocycles. The van der Waals surface area contributed by atoms with Crippen molar-refractivity contribution in [3.8, 4) is 0 Å². The van der Waals surface area contributed by atoms with Gasteiger partial charge in [-0.2, -0.15) is 0 Å². The van der Waals surface area contributed by atoms with Crippen LogP contribution in [0.5, 0.6) is 0 Å². The standard InChI is InChI=1S/C25H47N5O2/c1-6-13-28-14-9-20(10-15-28)18-27-23(26-5)29-16-11-22(12-17-29)30(19-21-7-8-21)24(31)32-25(2,3)4/h20-22H,6-19H2,1-5H3,(H,26,27). The van der Waals surface area contributed by atoms with E-state index in [9.17, 15) is 4.79 Å². The molecule has 7 heteroatoms. The summed E-state index contributed by atoms with van der Waals surface area (Å²) in [5.74, 6) is 2.42. The maximum absolute atomic E-state index is 12.9. The number of hydrogen-bond donors (Lipinski definition) is 1. The second-order valence-electron chi connectivity index (χ2n) is 11.0. The lowest BCUT2D eigenvalue weighted by molar-refractivity contribution is 0.00927. The monoisotopic (exact) mass is 449 g/mol. The molecule has 0 bridgehead atoms. The van der Waals surface area contributed by atoms with Crippen molar-refractivity contribution in [3.05, 3.63) is 0 Å². The van der Waals surface area contributed by atoms with Crippen LogP contribution in [0.15, 0.2) is 4.99 Å². The molecule has 0 spiro atoms. The van der Waals surface area contributed by atoms with Crippen molar-refractivity contribution < 1.29 is 9.53 Å². The molecule has 0 atom stereocenters. The first-order chi connectivity index (χ1) is 15.3. The number of piperidine rings is 2. The van der Waals surface area contributed by atoms with Gasteiger partial charge in [0.15, 0.2) is 5.96 Å². The Hall–Kier alpha value is -1.50. The minimum Gasteiger partial charge on any atom is -0.444 e. The van der Waals surface area contributed by atoms with Gasteiger partial charge in [-0.25, -0.2) is 4.79 Å². The molecule has 0 unspecified atom stereocenters. The highest BCUT2D eigenvalue weighted by Crippen LogP contribution is 2.32. The Morgan fingerprint density at radius 2 is 1.69 bits per heavy atom. The van der Waals surface area contributed by atoms with E-state index in [0.29, 0.717) is 5.92 Å². The molecule has 2 aliphatic heterocycles. The van der Waals surface area contributed by atoms with Crippen LogP contribution >= 0.6 is 0 Å². The van der Waals surface area contributed by atoms with Crippen LogP contribution in [0.2, 0.25) is 0 Å². The molecule has 2 saturated heterocycles. The number of nitrogens with zero attached hydrogens (tertiary/aromatic N) is 4. The second-order valence-corrected chi connectivity index (χ2v) is 11.0. The number of guanidine groups is 1. The van der Waals surface area contributed by atoms with E-state index in [0.717, 1.165) is 50.9 Å². The van der Waals surface area contributed by atoms with E-state index in [1.54, 1.807) is 0 Å². The molecule has 1 N–H and O–H groups in total. The molecule has 2 heterocycles. The summed E-state index contributed by atoms with van der Waals surface area (Å²) in [4.78, 5) is 24.4. The lowest BCUT2D eigenvalue weighted by Gasteiger charge is -2.40. The number of likely N-dealkylation sites (tertiary alicyclic amines) is 2. The van der Waals surface area contributed by atoms with Crippen molar-refractivity contribution in [2.75, 3.05) is 52.9 Å². The van der Waals surface area contributed by atoms with E-state index >= 15 is 0 Å². The van der Waals surface area contributed by atoms with Crippen molar-refractivity contribution in [3.63, 3.8) is 0 Å². The number of hydrogen-bond acceptors (Lipinski definition) is 4. The maximum Gasteiger partial charge on any atom is 0.410 e. The molecule has 3 rings (SSSR count). The van der Waals surface area contributed by atoms with Gasteiger partial charge in [-0.3, -0.25) is 4.99 Å². The molecular formula is C25H47N5O2. The van der Waals surface area contributed by atoms with Crippen LogP contribution in [0.25, 0.3) is 0 Å². The number of ether oxygens (including phenoxy) is 1. The summed E-state index contributed by atoms with van der Waals surface area (Å²) in [6, 6.07) is 0.266. The van der Waals surface area contributed by atoms with Gasteiger partial charge >= 0.3 is 6.09 Å². The van der Waals surface area contributed by atoms with Crippen LogP contribution in [-0.4, -0.2) is 91.3 Å². The SMILES string of the molecule is CCCN1CCC(CNC(=NC)N2CCC(N(CC3CC3)C(=O)OC(C)(C)C)CC2)CC1. The molecule has 1 amide bonds. The van der Waals surface area contributed by atoms with Crippen LogP contribution in [-0.2, 0) is 4.74 Å². The fraction of sp³-hybridized carbons (Fsp3) is 0.920. The van der Waals surface area contributed by atoms with Crippen LogP contribution in [0.4, 0.5) is 4.79 Å². The van der Waals surface area contributed by atoms with Gasteiger partial charge in [-0.1, -0.05) is 6.92 Å². The normalized spacial score (nSPS) is 22.2. The van der Waals surface area contributed by atoms with Crippen molar-refractivity contribution in [1.29, 1.82) is 0 Å². The predicted octanol–water partition coefficient (Wildman–Crippen LogP) is 3.80. The second kappa shape index (κ2) is 11.6. The third-order valence-corrected chi connectivity index (χ3v) is 6.99. The first kappa shape index (κ1) is 25.1. The van der Waals surface area contributed by atoms with Gasteiger partial charge in [0, 0.05) is 39.3 Å². The van der Waals surface area contributed by atoms with Crippen LogP contribution in [0.3, 0.4) is 0 Å². The highest BCUT2D eigenvalue weighted by atomic mass is 16.6. The van der Waals surface area contributed by atoms with E-state index < -0.39 is 5.60 Å². The van der Waals surface area contributed by atoms with Crippen LogP contribution in [0.1, 0.15) is 72.6 Å². The number of amides is 1. The van der Waals surface area contributed by atoms with E-state index in [-0.39, 0.29) is 12.1 Å². The molecule has 7 nitrogen and oxygen atoms in total. The van der Waals surface area contributed by atoms with Gasteiger partial charge < -0.3 is 24.8 Å². The molecule has 32 heavy (non-hydrogen) atoms. The quantitative estimate of drug-likeness (QED) is 0.473. The van der Waals surface area contributed by atoms with Crippen molar-refractivity contribution in [1.82, 2.24) is 20.0 Å². The van der Waals surface area contributed by atoms with E-state index in [1.807, 2.05) is 32.7 Å². The lowest BCUT2D eigenvalue weighted by Crippen LogP contribution is -2.53. The number of nitrogens with one attached hydrogen (secondary N) is 1. The molecule has 0 aromatic carbocycles. The Morgan fingerprint density at radius 3 is 2.22 bits per heavy atom. The fourth-order valence-corrected chi connectivity index (χ4v) is 4.96. The van der Waals surface area contributed by atoms with Gasteiger partial charge in [-0.15, -0.1) is 0 Å². The Kier molecular flexibility index (Phi) is 9.09. The topological polar surface area (TPSA) is 60.4 Å². The number of carbonyl (C=O) groups is 1. The van der Waals surface area contributed by atoms with E-state index in [4.69, 9.17) is 4.74 Å². The van der Waals surface area contributed by atoms with Gasteiger partial charge in [-0.05, 0) is 97.2 Å². The zero-order valence-corrected chi connectivity index (χ0v) is 21.2. The minimum atomic E-state index is -0.446. The summed E-state index contributed by atoms with van der Waals surface area (Å²) in [5.41, 5.74) is -0.446. The minimum absolute atomic E-state index is 0.139. The van der Waals surface area contributed by atoms with Crippen LogP contribution in [0, 0.1) is 11.8 Å². The summed E-state index contributed by atoms with van der Waals surface area (Å²) in [5, 5.41) is 3.65. The number of rotatable bonds is 7. The first-order valence-corrected chi connectivity index (χ1v) is 13.0. The molecule has 0 aromatic rings. The van der Waals surface area contributed by atoms with E-state index in [1.165, 1.54) is 51.7 Å². The first-order valence-electron chi connectivity index (χ1n) is 13.0. The molecule has 1 aliphatic carbocycles. The van der Waals surface area contributed by atoms with Crippen molar-refractivity contribution in [2.24, 2.45) is 16.8 Å². The Balaban J connectivity index is 1.45. The summed E-state index contributed by atoms with van der Waals surface area (Å²) in [6.45, 7) is 15.5. The summed E-state index contributed by atoms with van der Waals surface area (Å²) in [6.07, 6.45) is 8.09. The summed E-state index contributed by atoms with van der Waals surface area (Å²) in [7, 11) is 1.89. The lowest BCUT2D eigenvalue weighted by atomic mass is 9.96. The molecular weight excluding hydrogens is 402 g/mol. The van der Waals surface area contributed by atoms with Gasteiger partial charge in [0.1, 0.15) is 5.60 Å².